The highest BCUT2D eigenvalue weighted by molar-refractivity contribution is 5.92. The number of nitrogens with zero attached hydrogens (tertiary/aromatic N) is 1. The highest BCUT2D eigenvalue weighted by Crippen LogP contribution is 2.13. The minimum absolute atomic E-state index is 0.158. The lowest BCUT2D eigenvalue weighted by atomic mass is 10.1. The number of rotatable bonds is 9. The molecule has 0 saturated carbocycles. The third kappa shape index (κ3) is 6.44. The van der Waals surface area contributed by atoms with Gasteiger partial charge in [-0.1, -0.05) is 31.2 Å². The summed E-state index contributed by atoms with van der Waals surface area (Å²) in [6.07, 6.45) is 3.32. The standard InChI is InChI=1S/C22H32N4O2/c1-5-18-8-10-19(11-9-18)17(4)26-22(23-6-2)25-14-7-13-24-21(27)20-16(3)12-15-28-20/h8-12,15,17H,5-7,13-14H2,1-4H3,(H,24,27)(H2,23,25,26). The first kappa shape index (κ1) is 21.5. The van der Waals surface area contributed by atoms with Crippen molar-refractivity contribution in [3.05, 3.63) is 59.0 Å². The highest BCUT2D eigenvalue weighted by Gasteiger charge is 2.11. The summed E-state index contributed by atoms with van der Waals surface area (Å²) in [5.74, 6) is 0.977. The molecule has 2 aromatic rings. The van der Waals surface area contributed by atoms with Crippen molar-refractivity contribution in [3.8, 4) is 0 Å². The van der Waals surface area contributed by atoms with Crippen LogP contribution in [0.3, 0.4) is 0 Å². The number of guanidine groups is 1. The molecule has 1 heterocycles. The molecule has 0 fully saturated rings. The van der Waals surface area contributed by atoms with Gasteiger partial charge in [-0.3, -0.25) is 9.79 Å². The van der Waals surface area contributed by atoms with E-state index in [2.05, 4.69) is 59.1 Å². The van der Waals surface area contributed by atoms with E-state index in [0.29, 0.717) is 18.8 Å². The Morgan fingerprint density at radius 1 is 1.14 bits per heavy atom. The largest absolute Gasteiger partial charge is 0.459 e. The van der Waals surface area contributed by atoms with Crippen LogP contribution in [-0.2, 0) is 6.42 Å². The first-order chi connectivity index (χ1) is 13.5. The second kappa shape index (κ2) is 11.2. The molecule has 0 aliphatic heterocycles. The minimum Gasteiger partial charge on any atom is -0.459 e. The fourth-order valence-corrected chi connectivity index (χ4v) is 2.81. The molecular weight excluding hydrogens is 352 g/mol. The maximum Gasteiger partial charge on any atom is 0.287 e. The molecule has 0 aliphatic carbocycles. The molecule has 0 spiro atoms. The molecule has 1 aromatic heterocycles. The van der Waals surface area contributed by atoms with Gasteiger partial charge in [0.25, 0.3) is 5.91 Å². The monoisotopic (exact) mass is 384 g/mol. The summed E-state index contributed by atoms with van der Waals surface area (Å²) >= 11 is 0. The van der Waals surface area contributed by atoms with Crippen LogP contribution in [0.15, 0.2) is 46.0 Å². The summed E-state index contributed by atoms with van der Waals surface area (Å²) in [7, 11) is 0. The number of nitrogens with one attached hydrogen (secondary N) is 3. The Bertz CT molecular complexity index is 765. The van der Waals surface area contributed by atoms with Gasteiger partial charge in [-0.25, -0.2) is 0 Å². The second-order valence-corrected chi connectivity index (χ2v) is 6.76. The van der Waals surface area contributed by atoms with Gasteiger partial charge in [-0.15, -0.1) is 0 Å². The molecule has 2 rings (SSSR count). The van der Waals surface area contributed by atoms with Crippen molar-refractivity contribution in [1.82, 2.24) is 16.0 Å². The van der Waals surface area contributed by atoms with Gasteiger partial charge < -0.3 is 20.4 Å². The Kier molecular flexibility index (Phi) is 8.59. The van der Waals surface area contributed by atoms with Crippen LogP contribution in [0, 0.1) is 6.92 Å². The van der Waals surface area contributed by atoms with E-state index in [9.17, 15) is 4.79 Å². The first-order valence-corrected chi connectivity index (χ1v) is 10.0. The number of amides is 1. The van der Waals surface area contributed by atoms with E-state index in [1.54, 1.807) is 6.07 Å². The number of hydrogen-bond acceptors (Lipinski definition) is 3. The van der Waals surface area contributed by atoms with E-state index < -0.39 is 0 Å². The van der Waals surface area contributed by atoms with Crippen molar-refractivity contribution in [3.63, 3.8) is 0 Å². The molecule has 1 amide bonds. The average molecular weight is 385 g/mol. The summed E-state index contributed by atoms with van der Waals surface area (Å²) in [5.41, 5.74) is 3.40. The fraction of sp³-hybridized carbons (Fsp3) is 0.455. The van der Waals surface area contributed by atoms with Gasteiger partial charge in [0.05, 0.1) is 12.3 Å². The predicted octanol–water partition coefficient (Wildman–Crippen LogP) is 3.59. The molecule has 1 aromatic carbocycles. The highest BCUT2D eigenvalue weighted by atomic mass is 16.3. The van der Waals surface area contributed by atoms with Gasteiger partial charge in [0.1, 0.15) is 0 Å². The number of furan rings is 1. The zero-order valence-electron chi connectivity index (χ0n) is 17.3. The molecule has 0 aliphatic rings. The molecule has 152 valence electrons. The van der Waals surface area contributed by atoms with Crippen LogP contribution in [-0.4, -0.2) is 31.5 Å². The Morgan fingerprint density at radius 2 is 1.89 bits per heavy atom. The maximum atomic E-state index is 12.0. The van der Waals surface area contributed by atoms with Gasteiger partial charge in [-0.2, -0.15) is 0 Å². The number of carbonyl (C=O) groups excluding carboxylic acids is 1. The second-order valence-electron chi connectivity index (χ2n) is 6.76. The molecule has 1 atom stereocenters. The van der Waals surface area contributed by atoms with E-state index >= 15 is 0 Å². The summed E-state index contributed by atoms with van der Waals surface area (Å²) in [6.45, 7) is 10.1. The van der Waals surface area contributed by atoms with Crippen LogP contribution in [0.25, 0.3) is 0 Å². The van der Waals surface area contributed by atoms with Gasteiger partial charge in [-0.05, 0) is 50.8 Å². The summed E-state index contributed by atoms with van der Waals surface area (Å²) in [4.78, 5) is 16.6. The zero-order valence-corrected chi connectivity index (χ0v) is 17.3. The number of aliphatic imine (C=N–C) groups is 1. The molecule has 1 unspecified atom stereocenters. The van der Waals surface area contributed by atoms with E-state index in [1.807, 2.05) is 13.8 Å². The number of benzene rings is 1. The van der Waals surface area contributed by atoms with Gasteiger partial charge in [0.15, 0.2) is 11.7 Å². The Morgan fingerprint density at radius 3 is 2.50 bits per heavy atom. The first-order valence-electron chi connectivity index (χ1n) is 10.0. The van der Waals surface area contributed by atoms with Crippen LogP contribution in [0.4, 0.5) is 0 Å². The molecule has 6 nitrogen and oxygen atoms in total. The van der Waals surface area contributed by atoms with Gasteiger partial charge in [0, 0.05) is 25.2 Å². The quantitative estimate of drug-likeness (QED) is 0.351. The summed E-state index contributed by atoms with van der Waals surface area (Å²) < 4.78 is 5.19. The molecule has 0 saturated heterocycles. The van der Waals surface area contributed by atoms with Crippen molar-refractivity contribution < 1.29 is 9.21 Å². The van der Waals surface area contributed by atoms with Crippen LogP contribution in [0.2, 0.25) is 0 Å². The van der Waals surface area contributed by atoms with E-state index in [0.717, 1.165) is 30.9 Å². The zero-order chi connectivity index (χ0) is 20.4. The Labute approximate surface area is 167 Å². The molecular formula is C22H32N4O2. The molecule has 0 radical (unpaired) electrons. The summed E-state index contributed by atoms with van der Waals surface area (Å²) in [5, 5.41) is 9.58. The van der Waals surface area contributed by atoms with Crippen molar-refractivity contribution in [2.24, 2.45) is 4.99 Å². The lowest BCUT2D eigenvalue weighted by molar-refractivity contribution is 0.0925. The van der Waals surface area contributed by atoms with Crippen molar-refractivity contribution in [2.45, 2.75) is 46.6 Å². The van der Waals surface area contributed by atoms with Gasteiger partial charge >= 0.3 is 0 Å². The van der Waals surface area contributed by atoms with E-state index in [1.165, 1.54) is 17.4 Å². The number of carbonyl (C=O) groups is 1. The Balaban J connectivity index is 1.80. The lowest BCUT2D eigenvalue weighted by Gasteiger charge is -2.18. The van der Waals surface area contributed by atoms with Crippen LogP contribution >= 0.6 is 0 Å². The normalized spacial score (nSPS) is 12.5. The topological polar surface area (TPSA) is 78.7 Å². The summed E-state index contributed by atoms with van der Waals surface area (Å²) in [6, 6.07) is 10.6. The van der Waals surface area contributed by atoms with E-state index in [4.69, 9.17) is 4.42 Å². The molecule has 3 N–H and O–H groups in total. The third-order valence-electron chi connectivity index (χ3n) is 4.54. The third-order valence-corrected chi connectivity index (χ3v) is 4.54. The van der Waals surface area contributed by atoms with Crippen LogP contribution < -0.4 is 16.0 Å². The van der Waals surface area contributed by atoms with Gasteiger partial charge in [0.2, 0.25) is 0 Å². The van der Waals surface area contributed by atoms with Crippen LogP contribution in [0.5, 0.6) is 0 Å². The molecule has 6 heteroatoms. The van der Waals surface area contributed by atoms with Crippen molar-refractivity contribution in [2.75, 3.05) is 19.6 Å². The van der Waals surface area contributed by atoms with Crippen molar-refractivity contribution >= 4 is 11.9 Å². The molecule has 28 heavy (non-hydrogen) atoms. The number of hydrogen-bond donors (Lipinski definition) is 3. The smallest absolute Gasteiger partial charge is 0.287 e. The van der Waals surface area contributed by atoms with Crippen LogP contribution in [0.1, 0.15) is 60.5 Å². The Hall–Kier alpha value is -2.76. The van der Waals surface area contributed by atoms with Crippen molar-refractivity contribution in [1.29, 1.82) is 0 Å². The lowest BCUT2D eigenvalue weighted by Crippen LogP contribution is -2.39. The molecule has 0 bridgehead atoms. The van der Waals surface area contributed by atoms with E-state index in [-0.39, 0.29) is 11.9 Å². The fourth-order valence-electron chi connectivity index (χ4n) is 2.81. The number of aryl methyl sites for hydroxylation is 2. The maximum absolute atomic E-state index is 12.0. The predicted molar refractivity (Wildman–Crippen MR) is 114 cm³/mol. The minimum atomic E-state index is -0.180. The average Bonchev–Trinajstić information content (AvgIpc) is 3.13. The SMILES string of the molecule is CCNC(=NCCCNC(=O)c1occc1C)NC(C)c1ccc(CC)cc1.